The average Bonchev–Trinajstić information content (AvgIpc) is 2.74. The summed E-state index contributed by atoms with van der Waals surface area (Å²) in [6, 6.07) is 14.7. The number of anilines is 2. The molecule has 0 aromatic heterocycles. The molecule has 0 bridgehead atoms. The number of rotatable bonds is 6. The van der Waals surface area contributed by atoms with E-state index in [4.69, 9.17) is 33.9 Å². The summed E-state index contributed by atoms with van der Waals surface area (Å²) in [4.78, 5) is 12.5. The average molecular weight is 457 g/mol. The summed E-state index contributed by atoms with van der Waals surface area (Å²) in [5.41, 5.74) is 3.73. The molecule has 2 aromatic rings. The molecular formula is C22H24N4O3S2. The van der Waals surface area contributed by atoms with Gasteiger partial charge in [0.15, 0.2) is 10.2 Å². The molecule has 0 saturated carbocycles. The number of nitrogens with one attached hydrogen (secondary N) is 4. The predicted octanol–water partition coefficient (Wildman–Crippen LogP) is 3.86. The van der Waals surface area contributed by atoms with Gasteiger partial charge in [-0.1, -0.05) is 12.1 Å². The van der Waals surface area contributed by atoms with Crippen LogP contribution in [0.25, 0.3) is 0 Å². The van der Waals surface area contributed by atoms with E-state index in [9.17, 15) is 4.79 Å². The number of allylic oxidation sites excluding steroid dienone is 1. The van der Waals surface area contributed by atoms with Crippen molar-refractivity contribution in [3.8, 4) is 5.75 Å². The Labute approximate surface area is 192 Å². The summed E-state index contributed by atoms with van der Waals surface area (Å²) in [6.45, 7) is 3.89. The van der Waals surface area contributed by atoms with Crippen LogP contribution in [0.15, 0.2) is 59.8 Å². The molecule has 0 spiro atoms. The molecule has 1 unspecified atom stereocenters. The number of carbonyl (C=O) groups is 1. The van der Waals surface area contributed by atoms with Crippen LogP contribution < -0.4 is 26.0 Å². The van der Waals surface area contributed by atoms with E-state index in [-0.39, 0.29) is 5.97 Å². The molecule has 0 radical (unpaired) electrons. The molecule has 1 aliphatic heterocycles. The van der Waals surface area contributed by atoms with Crippen molar-refractivity contribution in [2.24, 2.45) is 0 Å². The van der Waals surface area contributed by atoms with Gasteiger partial charge in [0.05, 0.1) is 25.3 Å². The molecule has 7 nitrogen and oxygen atoms in total. The summed E-state index contributed by atoms with van der Waals surface area (Å²) >= 11 is 10.7. The van der Waals surface area contributed by atoms with Gasteiger partial charge >= 0.3 is 5.97 Å². The Balaban J connectivity index is 1.70. The van der Waals surface area contributed by atoms with Gasteiger partial charge in [-0.3, -0.25) is 0 Å². The van der Waals surface area contributed by atoms with Crippen LogP contribution >= 0.6 is 24.4 Å². The number of benzene rings is 2. The second-order valence-corrected chi connectivity index (χ2v) is 7.54. The lowest BCUT2D eigenvalue weighted by atomic mass is 9.95. The van der Waals surface area contributed by atoms with E-state index >= 15 is 0 Å². The number of carbonyl (C=O) groups excluding carboxylic acids is 1. The fourth-order valence-corrected chi connectivity index (χ4v) is 3.66. The van der Waals surface area contributed by atoms with E-state index < -0.39 is 6.04 Å². The molecular weight excluding hydrogens is 432 g/mol. The van der Waals surface area contributed by atoms with Crippen molar-refractivity contribution in [1.82, 2.24) is 10.6 Å². The molecule has 9 heteroatoms. The third-order valence-corrected chi connectivity index (χ3v) is 5.04. The Morgan fingerprint density at radius 3 is 2.19 bits per heavy atom. The van der Waals surface area contributed by atoms with E-state index in [1.54, 1.807) is 14.0 Å². The largest absolute Gasteiger partial charge is 0.497 e. The highest BCUT2D eigenvalue weighted by atomic mass is 32.1. The molecule has 1 heterocycles. The number of ether oxygens (including phenoxy) is 2. The number of hydrogen-bond acceptors (Lipinski definition) is 5. The van der Waals surface area contributed by atoms with Crippen LogP contribution in [0.3, 0.4) is 0 Å². The Hall–Kier alpha value is -3.17. The SMILES string of the molecule is CCOC(=O)C1=C(C)NC(=S)NC1c1ccc(NC(=S)Nc2ccc(OC)cc2)cc1. The molecule has 0 saturated heterocycles. The molecule has 2 aromatic carbocycles. The van der Waals surface area contributed by atoms with Crippen molar-refractivity contribution in [3.63, 3.8) is 0 Å². The molecule has 4 N–H and O–H groups in total. The molecule has 3 rings (SSSR count). The van der Waals surface area contributed by atoms with E-state index in [1.165, 1.54) is 0 Å². The lowest BCUT2D eigenvalue weighted by Gasteiger charge is -2.30. The normalized spacial score (nSPS) is 15.5. The molecule has 31 heavy (non-hydrogen) atoms. The van der Waals surface area contributed by atoms with E-state index in [2.05, 4.69) is 21.3 Å². The Kier molecular flexibility index (Phi) is 7.43. The van der Waals surface area contributed by atoms with E-state index in [0.29, 0.717) is 28.1 Å². The third kappa shape index (κ3) is 5.71. The molecule has 0 aliphatic carbocycles. The molecule has 1 aliphatic rings. The van der Waals surface area contributed by atoms with Crippen molar-refractivity contribution in [2.75, 3.05) is 24.4 Å². The minimum Gasteiger partial charge on any atom is -0.497 e. The fourth-order valence-electron chi connectivity index (χ4n) is 3.15. The van der Waals surface area contributed by atoms with Crippen molar-refractivity contribution in [3.05, 3.63) is 65.4 Å². The van der Waals surface area contributed by atoms with Crippen LogP contribution in [-0.4, -0.2) is 29.9 Å². The van der Waals surface area contributed by atoms with Crippen LogP contribution in [0.1, 0.15) is 25.5 Å². The van der Waals surface area contributed by atoms with Gasteiger partial charge in [0, 0.05) is 17.1 Å². The number of thiocarbonyl (C=S) groups is 2. The molecule has 0 fully saturated rings. The van der Waals surface area contributed by atoms with Crippen LogP contribution in [0.2, 0.25) is 0 Å². The number of hydrogen-bond donors (Lipinski definition) is 4. The first kappa shape index (κ1) is 22.5. The van der Waals surface area contributed by atoms with Crippen molar-refractivity contribution in [1.29, 1.82) is 0 Å². The minimum atomic E-state index is -0.397. The zero-order chi connectivity index (χ0) is 22.4. The van der Waals surface area contributed by atoms with Crippen LogP contribution in [0.4, 0.5) is 11.4 Å². The highest BCUT2D eigenvalue weighted by Gasteiger charge is 2.30. The zero-order valence-electron chi connectivity index (χ0n) is 17.4. The lowest BCUT2D eigenvalue weighted by molar-refractivity contribution is -0.139. The van der Waals surface area contributed by atoms with Crippen LogP contribution in [0.5, 0.6) is 5.75 Å². The van der Waals surface area contributed by atoms with Gasteiger partial charge in [0.25, 0.3) is 0 Å². The minimum absolute atomic E-state index is 0.300. The van der Waals surface area contributed by atoms with Gasteiger partial charge in [-0.05, 0) is 80.2 Å². The summed E-state index contributed by atoms with van der Waals surface area (Å²) in [5.74, 6) is 0.400. The van der Waals surface area contributed by atoms with E-state index in [1.807, 2.05) is 55.5 Å². The Bertz CT molecular complexity index is 1000. The van der Waals surface area contributed by atoms with Gasteiger partial charge in [-0.2, -0.15) is 0 Å². The summed E-state index contributed by atoms with van der Waals surface area (Å²) < 4.78 is 10.4. The topological polar surface area (TPSA) is 83.7 Å². The van der Waals surface area contributed by atoms with Gasteiger partial charge in [0.1, 0.15) is 5.75 Å². The van der Waals surface area contributed by atoms with Crippen molar-refractivity contribution < 1.29 is 14.3 Å². The number of methoxy groups -OCH3 is 1. The summed E-state index contributed by atoms with van der Waals surface area (Å²) in [7, 11) is 1.62. The van der Waals surface area contributed by atoms with Crippen LogP contribution in [-0.2, 0) is 9.53 Å². The van der Waals surface area contributed by atoms with Gasteiger partial charge in [-0.25, -0.2) is 4.79 Å². The Morgan fingerprint density at radius 2 is 1.65 bits per heavy atom. The monoisotopic (exact) mass is 456 g/mol. The maximum absolute atomic E-state index is 12.5. The second-order valence-electron chi connectivity index (χ2n) is 6.72. The van der Waals surface area contributed by atoms with Crippen LogP contribution in [0, 0.1) is 0 Å². The van der Waals surface area contributed by atoms with Gasteiger partial charge in [-0.15, -0.1) is 0 Å². The zero-order valence-corrected chi connectivity index (χ0v) is 19.1. The quantitative estimate of drug-likeness (QED) is 0.382. The van der Waals surface area contributed by atoms with E-state index in [0.717, 1.165) is 22.7 Å². The van der Waals surface area contributed by atoms with Crippen molar-refractivity contribution >= 4 is 52.0 Å². The van der Waals surface area contributed by atoms with Gasteiger partial charge < -0.3 is 30.7 Å². The predicted molar refractivity (Wildman–Crippen MR) is 130 cm³/mol. The standard InChI is InChI=1S/C22H24N4O3S2/c1-4-29-20(27)18-13(2)23-21(30)26-19(18)14-5-7-15(8-6-14)24-22(31)25-16-9-11-17(28-3)12-10-16/h5-12,19H,4H2,1-3H3,(H2,23,26,30)(H2,24,25,31). The first-order valence-corrected chi connectivity index (χ1v) is 10.5. The molecule has 0 amide bonds. The Morgan fingerprint density at radius 1 is 1.06 bits per heavy atom. The first-order valence-electron chi connectivity index (χ1n) is 9.68. The maximum atomic E-state index is 12.5. The molecule has 162 valence electrons. The number of esters is 1. The highest BCUT2D eigenvalue weighted by molar-refractivity contribution is 7.80. The third-order valence-electron chi connectivity index (χ3n) is 4.61. The smallest absolute Gasteiger partial charge is 0.338 e. The second kappa shape index (κ2) is 10.2. The van der Waals surface area contributed by atoms with Gasteiger partial charge in [0.2, 0.25) is 0 Å². The fraction of sp³-hybridized carbons (Fsp3) is 0.227. The maximum Gasteiger partial charge on any atom is 0.338 e. The lowest BCUT2D eigenvalue weighted by Crippen LogP contribution is -2.45. The molecule has 1 atom stereocenters. The summed E-state index contributed by atoms with van der Waals surface area (Å²) in [6.07, 6.45) is 0. The van der Waals surface area contributed by atoms with Crippen molar-refractivity contribution in [2.45, 2.75) is 19.9 Å². The first-order chi connectivity index (χ1) is 14.9. The summed E-state index contributed by atoms with van der Waals surface area (Å²) in [5, 5.41) is 13.3. The highest BCUT2D eigenvalue weighted by Crippen LogP contribution is 2.28.